The van der Waals surface area contributed by atoms with Crippen LogP contribution >= 0.6 is 19.2 Å². The number of ether oxygens (including phenoxy) is 1. The maximum Gasteiger partial charge on any atom is 0.351 e. The number of hydrogen-bond acceptors (Lipinski definition) is 6. The van der Waals surface area contributed by atoms with Crippen molar-refractivity contribution in [3.05, 3.63) is 22.7 Å². The van der Waals surface area contributed by atoms with Crippen LogP contribution in [-0.2, 0) is 9.30 Å². The minimum Gasteiger partial charge on any atom is -0.387 e. The molecule has 0 saturated carbocycles. The van der Waals surface area contributed by atoms with E-state index >= 15 is 0 Å². The van der Waals surface area contributed by atoms with Crippen molar-refractivity contribution in [1.29, 1.82) is 0 Å². The molecule has 0 aromatic carbocycles. The normalized spacial score (nSPS) is 31.4. The molecule has 0 amide bonds. The van der Waals surface area contributed by atoms with Crippen LogP contribution in [0.4, 0.5) is 10.2 Å². The van der Waals surface area contributed by atoms with E-state index in [9.17, 15) is 18.9 Å². The first kappa shape index (κ1) is 18.3. The van der Waals surface area contributed by atoms with E-state index in [2.05, 4.69) is 4.98 Å². The number of nitrogens with zero attached hydrogens (tertiary/aromatic N) is 2. The van der Waals surface area contributed by atoms with Gasteiger partial charge in [-0.15, -0.1) is 11.6 Å². The fourth-order valence-electron chi connectivity index (χ4n) is 2.37. The highest BCUT2D eigenvalue weighted by Gasteiger charge is 2.56. The molecule has 0 spiro atoms. The van der Waals surface area contributed by atoms with Gasteiger partial charge in [0.1, 0.15) is 17.5 Å². The maximum atomic E-state index is 14.4. The van der Waals surface area contributed by atoms with E-state index in [0.717, 1.165) is 10.8 Å². The maximum absolute atomic E-state index is 14.4. The molecular weight excluding hydrogens is 356 g/mol. The van der Waals surface area contributed by atoms with E-state index in [1.165, 1.54) is 6.07 Å². The van der Waals surface area contributed by atoms with Gasteiger partial charge in [0.15, 0.2) is 12.4 Å². The SMILES string of the molecule is Nc1ccn([C@@H]2O[C@](CCl)(CCP(=O)(O)O)[C@@H](O)[C@H]2F)c(=O)n1. The highest BCUT2D eigenvalue weighted by molar-refractivity contribution is 7.51. The molecule has 1 aromatic rings. The summed E-state index contributed by atoms with van der Waals surface area (Å²) in [6.07, 6.45) is -5.20. The van der Waals surface area contributed by atoms with Crippen LogP contribution in [0.15, 0.2) is 17.1 Å². The van der Waals surface area contributed by atoms with Crippen LogP contribution in [0.3, 0.4) is 0 Å². The molecule has 4 atom stereocenters. The van der Waals surface area contributed by atoms with Gasteiger partial charge in [-0.25, -0.2) is 9.18 Å². The minimum absolute atomic E-state index is 0.0645. The summed E-state index contributed by atoms with van der Waals surface area (Å²) in [5, 5.41) is 10.1. The summed E-state index contributed by atoms with van der Waals surface area (Å²) in [5.41, 5.74) is 2.73. The number of hydrogen-bond donors (Lipinski definition) is 4. The van der Waals surface area contributed by atoms with Crippen LogP contribution in [-0.4, -0.2) is 54.4 Å². The third-order valence-electron chi connectivity index (χ3n) is 3.65. The lowest BCUT2D eigenvalue weighted by Crippen LogP contribution is -2.44. The zero-order valence-corrected chi connectivity index (χ0v) is 13.4. The molecular formula is C11H16ClFN3O6P. The van der Waals surface area contributed by atoms with Gasteiger partial charge in [-0.2, -0.15) is 4.98 Å². The van der Waals surface area contributed by atoms with E-state index in [1.54, 1.807) is 0 Å². The van der Waals surface area contributed by atoms with Crippen molar-refractivity contribution in [1.82, 2.24) is 9.55 Å². The summed E-state index contributed by atoms with van der Waals surface area (Å²) in [7, 11) is -4.40. The van der Waals surface area contributed by atoms with Crippen molar-refractivity contribution in [2.45, 2.75) is 30.5 Å². The molecule has 5 N–H and O–H groups in total. The van der Waals surface area contributed by atoms with Gasteiger partial charge in [0.25, 0.3) is 0 Å². The van der Waals surface area contributed by atoms with Gasteiger partial charge >= 0.3 is 13.3 Å². The van der Waals surface area contributed by atoms with Crippen molar-refractivity contribution < 1.29 is 28.6 Å². The van der Waals surface area contributed by atoms with Crippen LogP contribution in [0.5, 0.6) is 0 Å². The Morgan fingerprint density at radius 3 is 2.74 bits per heavy atom. The molecule has 1 aliphatic rings. The molecule has 1 aliphatic heterocycles. The van der Waals surface area contributed by atoms with Gasteiger partial charge in [-0.05, 0) is 12.5 Å². The molecule has 0 radical (unpaired) electrons. The van der Waals surface area contributed by atoms with Crippen molar-refractivity contribution >= 4 is 25.0 Å². The van der Waals surface area contributed by atoms with Crippen LogP contribution in [0.2, 0.25) is 0 Å². The number of nitrogens with two attached hydrogens (primary N) is 1. The fraction of sp³-hybridized carbons (Fsp3) is 0.636. The first-order valence-corrected chi connectivity index (χ1v) is 8.88. The van der Waals surface area contributed by atoms with Crippen molar-refractivity contribution in [3.8, 4) is 0 Å². The smallest absolute Gasteiger partial charge is 0.351 e. The number of aliphatic hydroxyl groups excluding tert-OH is 1. The zero-order chi connectivity index (χ0) is 17.4. The fourth-order valence-corrected chi connectivity index (χ4v) is 3.39. The van der Waals surface area contributed by atoms with Gasteiger partial charge in [0, 0.05) is 6.20 Å². The number of nitrogen functional groups attached to an aromatic ring is 1. The Labute approximate surface area is 135 Å². The summed E-state index contributed by atoms with van der Waals surface area (Å²) < 4.78 is 31.6. The van der Waals surface area contributed by atoms with Gasteiger partial charge in [-0.3, -0.25) is 9.13 Å². The lowest BCUT2D eigenvalue weighted by Gasteiger charge is -2.29. The van der Waals surface area contributed by atoms with E-state index in [1.807, 2.05) is 0 Å². The lowest BCUT2D eigenvalue weighted by atomic mass is 9.95. The largest absolute Gasteiger partial charge is 0.387 e. The number of aliphatic hydroxyl groups is 1. The Kier molecular flexibility index (Phi) is 5.15. The van der Waals surface area contributed by atoms with Crippen molar-refractivity contribution in [2.24, 2.45) is 0 Å². The Morgan fingerprint density at radius 1 is 1.57 bits per heavy atom. The number of alkyl halides is 2. The topological polar surface area (TPSA) is 148 Å². The molecule has 12 heteroatoms. The summed E-state index contributed by atoms with van der Waals surface area (Å²) >= 11 is 5.74. The predicted octanol–water partition coefficient (Wildman–Crippen LogP) is -0.401. The van der Waals surface area contributed by atoms with E-state index in [4.69, 9.17) is 31.9 Å². The Morgan fingerprint density at radius 2 is 2.22 bits per heavy atom. The molecule has 2 rings (SSSR count). The second-order valence-corrected chi connectivity index (χ2v) is 7.32. The molecule has 1 saturated heterocycles. The van der Waals surface area contributed by atoms with E-state index in [-0.39, 0.29) is 12.2 Å². The number of aromatic nitrogens is 2. The number of halogens is 2. The standard InChI is InChI=1S/C11H16ClFN3O6P/c12-5-11(2-4-23(19,20)21)8(17)7(13)9(22-11)16-3-1-6(14)15-10(16)18/h1,3,7-9,17H,2,4-5H2,(H2,14,15,18)(H2,19,20,21)/t7-,8+,9-,11+/m1/s1. The molecule has 0 aliphatic carbocycles. The highest BCUT2D eigenvalue weighted by Crippen LogP contribution is 2.45. The molecule has 1 fully saturated rings. The molecule has 9 nitrogen and oxygen atoms in total. The van der Waals surface area contributed by atoms with Crippen LogP contribution in [0, 0.1) is 0 Å². The van der Waals surface area contributed by atoms with Crippen LogP contribution in [0.1, 0.15) is 12.6 Å². The lowest BCUT2D eigenvalue weighted by molar-refractivity contribution is -0.0919. The second-order valence-electron chi connectivity index (χ2n) is 5.28. The molecule has 130 valence electrons. The van der Waals surface area contributed by atoms with Crippen molar-refractivity contribution in [3.63, 3.8) is 0 Å². The average molecular weight is 372 g/mol. The second kappa shape index (κ2) is 6.46. The van der Waals surface area contributed by atoms with Crippen LogP contribution < -0.4 is 11.4 Å². The number of anilines is 1. The third-order valence-corrected chi connectivity index (χ3v) is 4.91. The van der Waals surface area contributed by atoms with Gasteiger partial charge in [-0.1, -0.05) is 0 Å². The molecule has 0 bridgehead atoms. The van der Waals surface area contributed by atoms with Gasteiger partial charge in [0.2, 0.25) is 0 Å². The number of rotatable bonds is 5. The van der Waals surface area contributed by atoms with E-state index < -0.39 is 49.4 Å². The zero-order valence-electron chi connectivity index (χ0n) is 11.7. The molecule has 0 unspecified atom stereocenters. The monoisotopic (exact) mass is 371 g/mol. The first-order chi connectivity index (χ1) is 10.6. The van der Waals surface area contributed by atoms with Crippen LogP contribution in [0.25, 0.3) is 0 Å². The first-order valence-electron chi connectivity index (χ1n) is 6.55. The third kappa shape index (κ3) is 3.73. The molecule has 1 aromatic heterocycles. The summed E-state index contributed by atoms with van der Waals surface area (Å²) in [6.45, 7) is 0. The van der Waals surface area contributed by atoms with Gasteiger partial charge in [0.05, 0.1) is 12.0 Å². The Hall–Kier alpha value is -1.03. The minimum atomic E-state index is -4.40. The van der Waals surface area contributed by atoms with Crippen molar-refractivity contribution in [2.75, 3.05) is 17.8 Å². The Balaban J connectivity index is 2.32. The van der Waals surface area contributed by atoms with Gasteiger partial charge < -0.3 is 25.4 Å². The quantitative estimate of drug-likeness (QED) is 0.403. The predicted molar refractivity (Wildman–Crippen MR) is 78.9 cm³/mol. The summed E-state index contributed by atoms with van der Waals surface area (Å²) in [6, 6.07) is 1.25. The van der Waals surface area contributed by atoms with E-state index in [0.29, 0.717) is 0 Å². The molecule has 23 heavy (non-hydrogen) atoms. The summed E-state index contributed by atoms with van der Waals surface area (Å²) in [5.74, 6) is -0.479. The Bertz CT molecular complexity index is 684. The summed E-state index contributed by atoms with van der Waals surface area (Å²) in [4.78, 5) is 33.1. The molecule has 2 heterocycles. The average Bonchev–Trinajstić information content (AvgIpc) is 2.70. The highest BCUT2D eigenvalue weighted by atomic mass is 35.5.